The molecule has 44 heavy (non-hydrogen) atoms. The van der Waals surface area contributed by atoms with Crippen LogP contribution in [0.15, 0.2) is 48.5 Å². The van der Waals surface area contributed by atoms with Gasteiger partial charge in [-0.3, -0.25) is 4.79 Å². The highest BCUT2D eigenvalue weighted by Gasteiger charge is 2.20. The van der Waals surface area contributed by atoms with Crippen molar-refractivity contribution in [3.8, 4) is 0 Å². The second-order valence-corrected chi connectivity index (χ2v) is 12.3. The molecule has 0 unspecified atom stereocenters. The van der Waals surface area contributed by atoms with Gasteiger partial charge in [0.2, 0.25) is 0 Å². The summed E-state index contributed by atoms with van der Waals surface area (Å²) in [7, 11) is 0. The van der Waals surface area contributed by atoms with Crippen molar-refractivity contribution in [2.24, 2.45) is 5.73 Å². The average molecular weight is 641 g/mol. The molecule has 0 aromatic carbocycles. The molecule has 0 atom stereocenters. The molecule has 1 amide bonds. The maximum atomic E-state index is 12.0. The van der Waals surface area contributed by atoms with Gasteiger partial charge in [0.25, 0.3) is 5.91 Å². The van der Waals surface area contributed by atoms with E-state index < -0.39 is 11.9 Å². The Morgan fingerprint density at radius 2 is 1.18 bits per heavy atom. The van der Waals surface area contributed by atoms with Crippen molar-refractivity contribution in [1.29, 1.82) is 0 Å². The van der Waals surface area contributed by atoms with Gasteiger partial charge >= 0.3 is 5.97 Å². The number of hydrogen-bond acceptors (Lipinski definition) is 11. The summed E-state index contributed by atoms with van der Waals surface area (Å²) in [5.41, 5.74) is 7.81. The summed E-state index contributed by atoms with van der Waals surface area (Å²) in [6, 6.07) is 14.3. The van der Waals surface area contributed by atoms with Crippen molar-refractivity contribution in [3.63, 3.8) is 0 Å². The van der Waals surface area contributed by atoms with Gasteiger partial charge in [-0.2, -0.15) is 0 Å². The molecule has 0 fully saturated rings. The first-order chi connectivity index (χ1) is 20.6. The van der Waals surface area contributed by atoms with E-state index in [9.17, 15) is 9.59 Å². The summed E-state index contributed by atoms with van der Waals surface area (Å²) < 4.78 is 4.98. The van der Waals surface area contributed by atoms with Crippen LogP contribution in [0.2, 0.25) is 10.3 Å². The minimum Gasteiger partial charge on any atom is -0.461 e. The number of aromatic nitrogens is 6. The molecule has 0 aliphatic heterocycles. The maximum absolute atomic E-state index is 12.0. The van der Waals surface area contributed by atoms with Crippen molar-refractivity contribution < 1.29 is 14.3 Å². The molecule has 14 heteroatoms. The van der Waals surface area contributed by atoms with Crippen molar-refractivity contribution in [2.75, 3.05) is 17.2 Å². The molecule has 0 saturated carbocycles. The van der Waals surface area contributed by atoms with Crippen LogP contribution in [0.4, 0.5) is 23.0 Å². The molecular formula is C30H35Cl2N9O3. The van der Waals surface area contributed by atoms with Crippen molar-refractivity contribution in [3.05, 3.63) is 81.6 Å². The number of nitrogens with two attached hydrogens (primary N) is 1. The first kappa shape index (κ1) is 34.1. The summed E-state index contributed by atoms with van der Waals surface area (Å²) in [5, 5.41) is 21.2. The summed E-state index contributed by atoms with van der Waals surface area (Å²) in [5.74, 6) is -0.0826. The highest BCUT2D eigenvalue weighted by Crippen LogP contribution is 2.26. The van der Waals surface area contributed by atoms with E-state index in [1.54, 1.807) is 19.1 Å². The van der Waals surface area contributed by atoms with E-state index >= 15 is 0 Å². The van der Waals surface area contributed by atoms with Crippen LogP contribution in [0.1, 0.15) is 80.8 Å². The molecular weight excluding hydrogens is 605 g/mol. The van der Waals surface area contributed by atoms with Gasteiger partial charge in [-0.15, -0.1) is 20.4 Å². The predicted molar refractivity (Wildman–Crippen MR) is 171 cm³/mol. The molecule has 0 radical (unpaired) electrons. The van der Waals surface area contributed by atoms with Gasteiger partial charge in [-0.1, -0.05) is 76.9 Å². The first-order valence-electron chi connectivity index (χ1n) is 13.6. The highest BCUT2D eigenvalue weighted by molar-refractivity contribution is 6.30. The third kappa shape index (κ3) is 9.55. The molecule has 0 spiro atoms. The number of anilines is 4. The lowest BCUT2D eigenvalue weighted by atomic mass is 9.92. The number of carbonyl (C=O) groups is 2. The van der Waals surface area contributed by atoms with Gasteiger partial charge in [0.15, 0.2) is 21.7 Å². The number of esters is 1. The summed E-state index contributed by atoms with van der Waals surface area (Å²) >= 11 is 11.7. The zero-order valence-corrected chi connectivity index (χ0v) is 27.1. The fourth-order valence-electron chi connectivity index (χ4n) is 3.58. The number of primary amides is 1. The van der Waals surface area contributed by atoms with Gasteiger partial charge in [-0.05, 0) is 31.2 Å². The van der Waals surface area contributed by atoms with Gasteiger partial charge in [0.05, 0.1) is 18.0 Å². The highest BCUT2D eigenvalue weighted by atomic mass is 35.5. The first-order valence-corrected chi connectivity index (χ1v) is 14.4. The minimum absolute atomic E-state index is 0.0161. The summed E-state index contributed by atoms with van der Waals surface area (Å²) in [6.45, 7) is 14.4. The van der Waals surface area contributed by atoms with E-state index in [2.05, 4.69) is 82.5 Å². The molecule has 4 N–H and O–H groups in total. The normalized spacial score (nSPS) is 11.2. The Morgan fingerprint density at radius 3 is 1.59 bits per heavy atom. The number of carbonyl (C=O) groups excluding carboxylic acids is 2. The Bertz CT molecular complexity index is 1640. The molecule has 232 valence electrons. The van der Waals surface area contributed by atoms with E-state index in [4.69, 9.17) is 33.7 Å². The largest absolute Gasteiger partial charge is 0.461 e. The minimum atomic E-state index is -0.686. The Balaban J connectivity index is 0.000000241. The number of amides is 1. The topological polar surface area (TPSA) is 171 Å². The van der Waals surface area contributed by atoms with Crippen LogP contribution in [0.3, 0.4) is 0 Å². The van der Waals surface area contributed by atoms with E-state index in [0.29, 0.717) is 23.0 Å². The van der Waals surface area contributed by atoms with E-state index in [1.807, 2.05) is 24.3 Å². The zero-order chi connectivity index (χ0) is 32.7. The molecule has 4 aromatic heterocycles. The molecule has 0 aliphatic rings. The SMILES string of the molecule is CC(C)(C)c1cccc(Nc2cc(Cl)nnc2C(N)=O)n1.CCOC(=O)c1nnc(Cl)cc1Nc1cccc(C(C)(C)C)n1. The van der Waals surface area contributed by atoms with Crippen LogP contribution in [0.5, 0.6) is 0 Å². The lowest BCUT2D eigenvalue weighted by molar-refractivity contribution is 0.0519. The predicted octanol–water partition coefficient (Wildman–Crippen LogP) is 6.41. The number of pyridine rings is 2. The van der Waals surface area contributed by atoms with Crippen LogP contribution >= 0.6 is 23.2 Å². The summed E-state index contributed by atoms with van der Waals surface area (Å²) in [4.78, 5) is 32.4. The summed E-state index contributed by atoms with van der Waals surface area (Å²) in [6.07, 6.45) is 0. The third-order valence-corrected chi connectivity index (χ3v) is 6.16. The Kier molecular flexibility index (Phi) is 11.1. The second kappa shape index (κ2) is 14.4. The van der Waals surface area contributed by atoms with Crippen LogP contribution in [0.25, 0.3) is 0 Å². The van der Waals surface area contributed by atoms with Gasteiger partial charge in [0.1, 0.15) is 11.6 Å². The second-order valence-electron chi connectivity index (χ2n) is 11.5. The van der Waals surface area contributed by atoms with E-state index in [1.165, 1.54) is 12.1 Å². The van der Waals surface area contributed by atoms with Gasteiger partial charge < -0.3 is 21.1 Å². The standard InChI is InChI=1S/C16H19ClN4O2.C14H16ClN5O/c1-5-23-15(22)14-10(9-12(17)20-21-14)18-13-8-6-7-11(19-13)16(2,3)4;1-14(2,3)9-5-4-6-11(18-9)17-8-7-10(15)19-20-12(8)13(16)21/h6-9H,5H2,1-4H3,(H,18,19,20);4-7H,1-3H3,(H2,16,21)(H,17,18,19). The van der Waals surface area contributed by atoms with E-state index in [0.717, 1.165) is 11.4 Å². The zero-order valence-electron chi connectivity index (χ0n) is 25.6. The molecule has 4 heterocycles. The smallest absolute Gasteiger partial charge is 0.361 e. The van der Waals surface area contributed by atoms with E-state index in [-0.39, 0.29) is 39.1 Å². The number of halogens is 2. The number of rotatable bonds is 7. The number of hydrogen-bond donors (Lipinski definition) is 3. The van der Waals surface area contributed by atoms with Gasteiger partial charge in [-0.25, -0.2) is 14.8 Å². The Morgan fingerprint density at radius 1 is 0.750 bits per heavy atom. The lowest BCUT2D eigenvalue weighted by Gasteiger charge is -2.18. The number of nitrogens with one attached hydrogen (secondary N) is 2. The molecule has 0 saturated heterocycles. The monoisotopic (exact) mass is 639 g/mol. The fraction of sp³-hybridized carbons (Fsp3) is 0.333. The van der Waals surface area contributed by atoms with Crippen molar-refractivity contribution >= 4 is 58.1 Å². The average Bonchev–Trinajstić information content (AvgIpc) is 2.93. The Labute approximate surface area is 266 Å². The van der Waals surface area contributed by atoms with Crippen molar-refractivity contribution in [1.82, 2.24) is 30.4 Å². The lowest BCUT2D eigenvalue weighted by Crippen LogP contribution is -2.17. The van der Waals surface area contributed by atoms with Gasteiger partial charge in [0, 0.05) is 34.4 Å². The molecule has 4 rings (SSSR count). The van der Waals surface area contributed by atoms with Crippen LogP contribution in [-0.2, 0) is 15.6 Å². The van der Waals surface area contributed by atoms with Crippen LogP contribution < -0.4 is 16.4 Å². The quantitative estimate of drug-likeness (QED) is 0.191. The van der Waals surface area contributed by atoms with Crippen LogP contribution in [-0.4, -0.2) is 48.8 Å². The molecule has 0 bridgehead atoms. The fourth-order valence-corrected chi connectivity index (χ4v) is 3.87. The molecule has 12 nitrogen and oxygen atoms in total. The number of ether oxygens (including phenoxy) is 1. The molecule has 4 aromatic rings. The maximum Gasteiger partial charge on any atom is 0.361 e. The van der Waals surface area contributed by atoms with Crippen LogP contribution in [0, 0.1) is 0 Å². The van der Waals surface area contributed by atoms with Crippen molar-refractivity contribution in [2.45, 2.75) is 59.3 Å². The molecule has 0 aliphatic carbocycles. The third-order valence-electron chi connectivity index (χ3n) is 5.79. The number of nitrogens with zero attached hydrogens (tertiary/aromatic N) is 6. The Hall–Kier alpha value is -4.42.